The van der Waals surface area contributed by atoms with Gasteiger partial charge in [-0.1, -0.05) is 6.07 Å². The van der Waals surface area contributed by atoms with Crippen LogP contribution in [0.2, 0.25) is 0 Å². The molecule has 3 N–H and O–H groups in total. The third-order valence-corrected chi connectivity index (χ3v) is 2.12. The van der Waals surface area contributed by atoms with Gasteiger partial charge in [0.25, 0.3) is 0 Å². The van der Waals surface area contributed by atoms with Crippen molar-refractivity contribution in [3.8, 4) is 11.5 Å². The van der Waals surface area contributed by atoms with Crippen molar-refractivity contribution in [2.45, 2.75) is 5.92 Å². The van der Waals surface area contributed by atoms with E-state index >= 15 is 0 Å². The number of aliphatic hydroxyl groups excluding tert-OH is 2. The number of ether oxygens (including phenoxy) is 1. The Bertz CT molecular complexity index is 294. The van der Waals surface area contributed by atoms with E-state index in [9.17, 15) is 5.11 Å². The number of aliphatic hydroxyl groups is 2. The van der Waals surface area contributed by atoms with Crippen molar-refractivity contribution in [2.24, 2.45) is 0 Å². The highest BCUT2D eigenvalue weighted by Crippen LogP contribution is 2.29. The van der Waals surface area contributed by atoms with Crippen LogP contribution in [-0.4, -0.2) is 35.6 Å². The quantitative estimate of drug-likeness (QED) is 0.657. The fourth-order valence-corrected chi connectivity index (χ4v) is 1.22. The topological polar surface area (TPSA) is 69.9 Å². The molecule has 1 aromatic rings. The zero-order valence-electron chi connectivity index (χ0n) is 7.97. The van der Waals surface area contributed by atoms with Gasteiger partial charge in [-0.2, -0.15) is 0 Å². The summed E-state index contributed by atoms with van der Waals surface area (Å²) in [6.45, 7) is -0.269. The summed E-state index contributed by atoms with van der Waals surface area (Å²) in [5.74, 6) is 0.0600. The first-order chi connectivity index (χ1) is 6.72. The van der Waals surface area contributed by atoms with Crippen molar-refractivity contribution in [2.75, 3.05) is 20.3 Å². The lowest BCUT2D eigenvalue weighted by Crippen LogP contribution is -2.08. The first-order valence-corrected chi connectivity index (χ1v) is 4.31. The van der Waals surface area contributed by atoms with Gasteiger partial charge in [0.1, 0.15) is 0 Å². The molecule has 0 spiro atoms. The molecule has 0 heterocycles. The monoisotopic (exact) mass is 198 g/mol. The molecule has 0 atom stereocenters. The summed E-state index contributed by atoms with van der Waals surface area (Å²) in [6, 6.07) is 4.73. The maximum Gasteiger partial charge on any atom is 0.160 e. The van der Waals surface area contributed by atoms with Crippen LogP contribution in [-0.2, 0) is 0 Å². The molecule has 4 heteroatoms. The van der Waals surface area contributed by atoms with E-state index in [4.69, 9.17) is 14.9 Å². The lowest BCUT2D eigenvalue weighted by Gasteiger charge is -2.12. The fraction of sp³-hybridized carbons (Fsp3) is 0.400. The zero-order valence-corrected chi connectivity index (χ0v) is 7.97. The molecule has 0 radical (unpaired) electrons. The SMILES string of the molecule is COc1cc(C(CO)CO)ccc1O. The molecule has 0 bridgehead atoms. The van der Waals surface area contributed by atoms with Crippen LogP contribution in [0.5, 0.6) is 11.5 Å². The van der Waals surface area contributed by atoms with Crippen molar-refractivity contribution in [3.63, 3.8) is 0 Å². The predicted octanol–water partition coefficient (Wildman–Crippen LogP) is 0.469. The van der Waals surface area contributed by atoms with E-state index in [2.05, 4.69) is 0 Å². The highest BCUT2D eigenvalue weighted by Gasteiger charge is 2.11. The van der Waals surface area contributed by atoms with E-state index in [0.29, 0.717) is 5.75 Å². The smallest absolute Gasteiger partial charge is 0.160 e. The molecular weight excluding hydrogens is 184 g/mol. The lowest BCUT2D eigenvalue weighted by atomic mass is 10.0. The summed E-state index contributed by atoms with van der Waals surface area (Å²) in [5, 5.41) is 27.2. The van der Waals surface area contributed by atoms with Gasteiger partial charge in [-0.3, -0.25) is 0 Å². The van der Waals surface area contributed by atoms with E-state index in [-0.39, 0.29) is 24.9 Å². The Kier molecular flexibility index (Phi) is 3.73. The number of rotatable bonds is 4. The van der Waals surface area contributed by atoms with Gasteiger partial charge >= 0.3 is 0 Å². The number of aromatic hydroxyl groups is 1. The maximum atomic E-state index is 9.31. The molecule has 4 nitrogen and oxygen atoms in total. The van der Waals surface area contributed by atoms with Crippen molar-refractivity contribution in [1.82, 2.24) is 0 Å². The van der Waals surface area contributed by atoms with Gasteiger partial charge in [0.2, 0.25) is 0 Å². The highest BCUT2D eigenvalue weighted by atomic mass is 16.5. The van der Waals surface area contributed by atoms with Crippen molar-refractivity contribution >= 4 is 0 Å². The number of methoxy groups -OCH3 is 1. The minimum atomic E-state index is -0.329. The second kappa shape index (κ2) is 4.83. The molecule has 0 saturated heterocycles. The Morgan fingerprint density at radius 2 is 1.93 bits per heavy atom. The van der Waals surface area contributed by atoms with Gasteiger partial charge in [-0.25, -0.2) is 0 Å². The maximum absolute atomic E-state index is 9.31. The first kappa shape index (κ1) is 10.8. The fourth-order valence-electron chi connectivity index (χ4n) is 1.22. The summed E-state index contributed by atoms with van der Waals surface area (Å²) in [4.78, 5) is 0. The summed E-state index contributed by atoms with van der Waals surface area (Å²) in [5.41, 5.74) is 0.740. The van der Waals surface area contributed by atoms with Gasteiger partial charge < -0.3 is 20.1 Å². The first-order valence-electron chi connectivity index (χ1n) is 4.31. The Morgan fingerprint density at radius 1 is 1.29 bits per heavy atom. The van der Waals surface area contributed by atoms with Gasteiger partial charge in [0.15, 0.2) is 11.5 Å². The van der Waals surface area contributed by atoms with Gasteiger partial charge in [0.05, 0.1) is 20.3 Å². The van der Waals surface area contributed by atoms with Crippen molar-refractivity contribution in [1.29, 1.82) is 0 Å². The van der Waals surface area contributed by atoms with E-state index in [1.807, 2.05) is 0 Å². The van der Waals surface area contributed by atoms with Crippen LogP contribution in [0, 0.1) is 0 Å². The van der Waals surface area contributed by atoms with E-state index < -0.39 is 0 Å². The van der Waals surface area contributed by atoms with Crippen LogP contribution in [0.15, 0.2) is 18.2 Å². The zero-order chi connectivity index (χ0) is 10.6. The Balaban J connectivity index is 2.98. The van der Waals surface area contributed by atoms with Crippen molar-refractivity contribution in [3.05, 3.63) is 23.8 Å². The second-order valence-electron chi connectivity index (χ2n) is 2.99. The standard InChI is InChI=1S/C10H14O4/c1-14-10-4-7(2-3-9(10)13)8(5-11)6-12/h2-4,8,11-13H,5-6H2,1H3. The van der Waals surface area contributed by atoms with Gasteiger partial charge in [-0.05, 0) is 17.7 Å². The average Bonchev–Trinajstić information content (AvgIpc) is 2.22. The number of benzene rings is 1. The predicted molar refractivity (Wildman–Crippen MR) is 51.6 cm³/mol. The molecule has 0 unspecified atom stereocenters. The van der Waals surface area contributed by atoms with Crippen LogP contribution >= 0.6 is 0 Å². The highest BCUT2D eigenvalue weighted by molar-refractivity contribution is 5.42. The van der Waals surface area contributed by atoms with Gasteiger partial charge in [-0.15, -0.1) is 0 Å². The average molecular weight is 198 g/mol. The van der Waals surface area contributed by atoms with Gasteiger partial charge in [0, 0.05) is 5.92 Å². The number of phenols is 1. The molecule has 14 heavy (non-hydrogen) atoms. The lowest BCUT2D eigenvalue weighted by molar-refractivity contribution is 0.192. The minimum Gasteiger partial charge on any atom is -0.504 e. The normalized spacial score (nSPS) is 10.6. The minimum absolute atomic E-state index is 0.0471. The van der Waals surface area contributed by atoms with Crippen LogP contribution in [0.25, 0.3) is 0 Å². The molecule has 78 valence electrons. The van der Waals surface area contributed by atoms with E-state index in [1.54, 1.807) is 12.1 Å². The molecule has 0 saturated carbocycles. The number of phenolic OH excluding ortho intramolecular Hbond substituents is 1. The second-order valence-corrected chi connectivity index (χ2v) is 2.99. The molecule has 0 fully saturated rings. The van der Waals surface area contributed by atoms with E-state index in [0.717, 1.165) is 5.56 Å². The Labute approximate surface area is 82.4 Å². The van der Waals surface area contributed by atoms with Crippen LogP contribution in [0.4, 0.5) is 0 Å². The molecule has 0 amide bonds. The van der Waals surface area contributed by atoms with E-state index in [1.165, 1.54) is 13.2 Å². The number of hydrogen-bond donors (Lipinski definition) is 3. The third-order valence-electron chi connectivity index (χ3n) is 2.12. The molecule has 0 aromatic heterocycles. The van der Waals surface area contributed by atoms with Crippen LogP contribution in [0.1, 0.15) is 11.5 Å². The summed E-state index contributed by atoms with van der Waals surface area (Å²) in [6.07, 6.45) is 0. The van der Waals surface area contributed by atoms with Crippen molar-refractivity contribution < 1.29 is 20.1 Å². The molecule has 0 aliphatic rings. The Morgan fingerprint density at radius 3 is 2.43 bits per heavy atom. The summed E-state index contributed by atoms with van der Waals surface area (Å²) < 4.78 is 4.91. The van der Waals surface area contributed by atoms with Crippen LogP contribution < -0.4 is 4.74 Å². The Hall–Kier alpha value is -1.26. The number of hydrogen-bond acceptors (Lipinski definition) is 4. The molecule has 1 aromatic carbocycles. The largest absolute Gasteiger partial charge is 0.504 e. The van der Waals surface area contributed by atoms with Crippen LogP contribution in [0.3, 0.4) is 0 Å². The molecule has 0 aliphatic heterocycles. The molecular formula is C10H14O4. The molecule has 1 rings (SSSR count). The summed E-state index contributed by atoms with van der Waals surface area (Å²) in [7, 11) is 1.45. The molecule has 0 aliphatic carbocycles. The third kappa shape index (κ3) is 2.16. The summed E-state index contributed by atoms with van der Waals surface area (Å²) >= 11 is 0.